The van der Waals surface area contributed by atoms with Gasteiger partial charge in [0.2, 0.25) is 0 Å². The molecule has 5 nitrogen and oxygen atoms in total. The van der Waals surface area contributed by atoms with Crippen LogP contribution in [0.2, 0.25) is 0 Å². The van der Waals surface area contributed by atoms with E-state index < -0.39 is 16.6 Å². The first-order valence-electron chi connectivity index (χ1n) is 5.42. The van der Waals surface area contributed by atoms with Crippen molar-refractivity contribution in [1.82, 2.24) is 0 Å². The van der Waals surface area contributed by atoms with Gasteiger partial charge in [0.25, 0.3) is 5.69 Å². The van der Waals surface area contributed by atoms with Crippen LogP contribution in [0.4, 0.5) is 5.69 Å². The molecule has 2 rings (SSSR count). The molecule has 0 spiro atoms. The van der Waals surface area contributed by atoms with Gasteiger partial charge in [-0.2, -0.15) is 0 Å². The van der Waals surface area contributed by atoms with Gasteiger partial charge in [0, 0.05) is 20.3 Å². The number of carbonyl (C=O) groups is 1. The summed E-state index contributed by atoms with van der Waals surface area (Å²) in [6.45, 7) is 0. The van der Waals surface area contributed by atoms with Crippen molar-refractivity contribution >= 4 is 39.3 Å². The molecule has 0 saturated carbocycles. The van der Waals surface area contributed by atoms with Crippen molar-refractivity contribution in [2.75, 3.05) is 0 Å². The van der Waals surface area contributed by atoms with E-state index in [1.165, 1.54) is 23.9 Å². The molecular weight excluding hydrogens is 346 g/mol. The van der Waals surface area contributed by atoms with Crippen LogP contribution in [0.25, 0.3) is 0 Å². The van der Waals surface area contributed by atoms with Crippen LogP contribution in [0, 0.1) is 10.1 Å². The van der Waals surface area contributed by atoms with Crippen molar-refractivity contribution in [2.24, 2.45) is 0 Å². The monoisotopic (exact) mass is 353 g/mol. The Morgan fingerprint density at radius 2 is 1.90 bits per heavy atom. The fraction of sp³-hybridized carbons (Fsp3) is 0. The smallest absolute Gasteiger partial charge is 0.342 e. The zero-order chi connectivity index (χ0) is 14.7. The molecule has 7 heteroatoms. The summed E-state index contributed by atoms with van der Waals surface area (Å²) in [7, 11) is 0. The molecule has 0 unspecified atom stereocenters. The normalized spacial score (nSPS) is 10.2. The molecule has 0 aliphatic rings. The second kappa shape index (κ2) is 6.06. The summed E-state index contributed by atoms with van der Waals surface area (Å²) in [6.07, 6.45) is 0. The van der Waals surface area contributed by atoms with E-state index in [2.05, 4.69) is 15.9 Å². The van der Waals surface area contributed by atoms with E-state index in [0.717, 1.165) is 9.37 Å². The molecule has 0 aliphatic carbocycles. The summed E-state index contributed by atoms with van der Waals surface area (Å²) in [4.78, 5) is 22.7. The zero-order valence-corrected chi connectivity index (χ0v) is 12.3. The first-order chi connectivity index (χ1) is 9.47. The first-order valence-corrected chi connectivity index (χ1v) is 7.03. The maximum Gasteiger partial charge on any atom is 0.342 e. The summed E-state index contributed by atoms with van der Waals surface area (Å²) < 4.78 is 0.902. The number of hydrogen-bond acceptors (Lipinski definition) is 4. The maximum atomic E-state index is 10.9. The Morgan fingerprint density at radius 1 is 1.20 bits per heavy atom. The predicted octanol–water partition coefficient (Wildman–Crippen LogP) is 4.21. The van der Waals surface area contributed by atoms with E-state index >= 15 is 0 Å². The van der Waals surface area contributed by atoms with Crippen molar-refractivity contribution in [1.29, 1.82) is 0 Å². The third-order valence-electron chi connectivity index (χ3n) is 2.43. The molecule has 0 bridgehead atoms. The highest BCUT2D eigenvalue weighted by molar-refractivity contribution is 9.10. The molecule has 0 atom stereocenters. The molecule has 0 radical (unpaired) electrons. The molecule has 0 aromatic heterocycles. The molecule has 1 N–H and O–H groups in total. The Morgan fingerprint density at radius 3 is 2.50 bits per heavy atom. The third-order valence-corrected chi connectivity index (χ3v) is 3.90. The second-order valence-corrected chi connectivity index (χ2v) is 5.86. The average molecular weight is 354 g/mol. The number of carboxylic acids is 1. The van der Waals surface area contributed by atoms with E-state index in [4.69, 9.17) is 5.11 Å². The standard InChI is InChI=1S/C13H8BrNO4S/c14-8-2-1-3-9(6-8)20-10-4-5-11(13(16)17)12(7-10)15(18)19/h1-7H,(H,16,17). The van der Waals surface area contributed by atoms with Crippen LogP contribution in [-0.4, -0.2) is 16.0 Å². The van der Waals surface area contributed by atoms with Crippen molar-refractivity contribution in [3.05, 3.63) is 62.6 Å². The molecule has 0 saturated heterocycles. The van der Waals surface area contributed by atoms with E-state index in [0.29, 0.717) is 4.90 Å². The number of nitrogens with zero attached hydrogens (tertiary/aromatic N) is 1. The van der Waals surface area contributed by atoms with Gasteiger partial charge in [-0.25, -0.2) is 4.79 Å². The highest BCUT2D eigenvalue weighted by Crippen LogP contribution is 2.32. The van der Waals surface area contributed by atoms with Gasteiger partial charge in [0.05, 0.1) is 4.92 Å². The number of carboxylic acid groups (broad SMARTS) is 1. The lowest BCUT2D eigenvalue weighted by Gasteiger charge is -2.04. The van der Waals surface area contributed by atoms with Gasteiger partial charge in [-0.05, 0) is 30.3 Å². The van der Waals surface area contributed by atoms with Crippen LogP contribution in [0.1, 0.15) is 10.4 Å². The quantitative estimate of drug-likeness (QED) is 0.657. The predicted molar refractivity (Wildman–Crippen MR) is 78.3 cm³/mol. The molecule has 20 heavy (non-hydrogen) atoms. The van der Waals surface area contributed by atoms with Crippen LogP contribution in [-0.2, 0) is 0 Å². The Labute approximate surface area is 126 Å². The first kappa shape index (κ1) is 14.5. The van der Waals surface area contributed by atoms with Crippen molar-refractivity contribution < 1.29 is 14.8 Å². The lowest BCUT2D eigenvalue weighted by molar-refractivity contribution is -0.385. The van der Waals surface area contributed by atoms with Crippen molar-refractivity contribution in [2.45, 2.75) is 9.79 Å². The van der Waals surface area contributed by atoms with E-state index in [-0.39, 0.29) is 5.56 Å². The minimum atomic E-state index is -1.31. The minimum Gasteiger partial charge on any atom is -0.477 e. The van der Waals surface area contributed by atoms with Gasteiger partial charge in [0.15, 0.2) is 0 Å². The molecule has 0 aliphatic heterocycles. The Balaban J connectivity index is 2.36. The van der Waals surface area contributed by atoms with Crippen molar-refractivity contribution in [3.63, 3.8) is 0 Å². The van der Waals surface area contributed by atoms with Gasteiger partial charge in [-0.3, -0.25) is 10.1 Å². The van der Waals surface area contributed by atoms with E-state index in [9.17, 15) is 14.9 Å². The molecule has 2 aromatic rings. The summed E-state index contributed by atoms with van der Waals surface area (Å²) in [5.74, 6) is -1.31. The van der Waals surface area contributed by atoms with Crippen LogP contribution < -0.4 is 0 Å². The van der Waals surface area contributed by atoms with Gasteiger partial charge < -0.3 is 5.11 Å². The van der Waals surface area contributed by atoms with E-state index in [1.54, 1.807) is 6.07 Å². The fourth-order valence-corrected chi connectivity index (χ4v) is 3.04. The maximum absolute atomic E-state index is 10.9. The third kappa shape index (κ3) is 3.37. The van der Waals surface area contributed by atoms with Crippen LogP contribution in [0.5, 0.6) is 0 Å². The Bertz CT molecular complexity index is 690. The SMILES string of the molecule is O=C(O)c1ccc(Sc2cccc(Br)c2)cc1[N+](=O)[O-]. The van der Waals surface area contributed by atoms with Crippen LogP contribution in [0.15, 0.2) is 56.7 Å². The second-order valence-electron chi connectivity index (χ2n) is 3.80. The lowest BCUT2D eigenvalue weighted by Crippen LogP contribution is -2.02. The molecule has 102 valence electrons. The number of rotatable bonds is 4. The minimum absolute atomic E-state index is 0.311. The number of nitro groups is 1. The molecule has 0 amide bonds. The highest BCUT2D eigenvalue weighted by atomic mass is 79.9. The summed E-state index contributed by atoms with van der Waals surface area (Å²) >= 11 is 4.67. The van der Waals surface area contributed by atoms with E-state index in [1.807, 2.05) is 24.3 Å². The Kier molecular flexibility index (Phi) is 4.41. The largest absolute Gasteiger partial charge is 0.477 e. The van der Waals surface area contributed by atoms with Gasteiger partial charge in [-0.15, -0.1) is 0 Å². The fourth-order valence-electron chi connectivity index (χ4n) is 1.57. The van der Waals surface area contributed by atoms with Crippen LogP contribution >= 0.6 is 27.7 Å². The van der Waals surface area contributed by atoms with Gasteiger partial charge in [-0.1, -0.05) is 33.8 Å². The highest BCUT2D eigenvalue weighted by Gasteiger charge is 2.20. The number of aromatic carboxylic acids is 1. The average Bonchev–Trinajstić information content (AvgIpc) is 2.38. The number of hydrogen-bond donors (Lipinski definition) is 1. The van der Waals surface area contributed by atoms with Crippen LogP contribution in [0.3, 0.4) is 0 Å². The molecular formula is C13H8BrNO4S. The zero-order valence-electron chi connectivity index (χ0n) is 9.95. The number of nitro benzene ring substituents is 1. The van der Waals surface area contributed by atoms with Gasteiger partial charge in [0.1, 0.15) is 5.56 Å². The Hall–Kier alpha value is -1.86. The van der Waals surface area contributed by atoms with Gasteiger partial charge >= 0.3 is 5.97 Å². The summed E-state index contributed by atoms with van der Waals surface area (Å²) in [5, 5.41) is 19.8. The molecule has 0 fully saturated rings. The summed E-state index contributed by atoms with van der Waals surface area (Å²) in [6, 6.07) is 11.6. The lowest BCUT2D eigenvalue weighted by atomic mass is 10.2. The molecule has 0 heterocycles. The number of benzene rings is 2. The van der Waals surface area contributed by atoms with Crippen molar-refractivity contribution in [3.8, 4) is 0 Å². The summed E-state index contributed by atoms with van der Waals surface area (Å²) in [5.41, 5.74) is -0.717. The molecule has 2 aromatic carbocycles. The topological polar surface area (TPSA) is 80.4 Å². The number of halogens is 1.